The van der Waals surface area contributed by atoms with E-state index in [9.17, 15) is 14.9 Å². The van der Waals surface area contributed by atoms with Crippen LogP contribution in [0.2, 0.25) is 5.02 Å². The molecule has 1 unspecified atom stereocenters. The molecule has 6 nitrogen and oxygen atoms in total. The number of nitro benzene ring substituents is 1. The molecule has 0 aromatic heterocycles. The van der Waals surface area contributed by atoms with Gasteiger partial charge in [-0.05, 0) is 18.2 Å². The van der Waals surface area contributed by atoms with Crippen LogP contribution in [0.15, 0.2) is 18.2 Å². The van der Waals surface area contributed by atoms with Gasteiger partial charge in [0.1, 0.15) is 0 Å². The van der Waals surface area contributed by atoms with Crippen molar-refractivity contribution in [3.63, 3.8) is 0 Å². The Kier molecular flexibility index (Phi) is 5.08. The van der Waals surface area contributed by atoms with E-state index in [0.717, 1.165) is 17.9 Å². The zero-order chi connectivity index (χ0) is 15.5. The van der Waals surface area contributed by atoms with Crippen LogP contribution in [0.4, 0.5) is 5.69 Å². The van der Waals surface area contributed by atoms with Crippen LogP contribution >= 0.6 is 23.4 Å². The van der Waals surface area contributed by atoms with Gasteiger partial charge in [-0.1, -0.05) is 11.6 Å². The number of rotatable bonds is 5. The number of hydrogen-bond acceptors (Lipinski definition) is 5. The quantitative estimate of drug-likeness (QED) is 0.662. The molecule has 1 aliphatic heterocycles. The van der Waals surface area contributed by atoms with Crippen molar-refractivity contribution in [3.8, 4) is 0 Å². The second kappa shape index (κ2) is 6.64. The van der Waals surface area contributed by atoms with Gasteiger partial charge in [-0.2, -0.15) is 11.8 Å². The third kappa shape index (κ3) is 3.66. The molecule has 0 radical (unpaired) electrons. The van der Waals surface area contributed by atoms with E-state index in [1.807, 2.05) is 0 Å². The van der Waals surface area contributed by atoms with E-state index in [4.69, 9.17) is 16.3 Å². The Labute approximate surface area is 131 Å². The Morgan fingerprint density at radius 1 is 1.62 bits per heavy atom. The summed E-state index contributed by atoms with van der Waals surface area (Å²) in [6, 6.07) is 3.80. The minimum Gasteiger partial charge on any atom is -0.376 e. The van der Waals surface area contributed by atoms with Crippen LogP contribution in [0.1, 0.15) is 16.8 Å². The Morgan fingerprint density at radius 2 is 2.38 bits per heavy atom. The molecular formula is C13H15ClN2O4S. The summed E-state index contributed by atoms with van der Waals surface area (Å²) in [5.74, 6) is 1.37. The van der Waals surface area contributed by atoms with Gasteiger partial charge < -0.3 is 10.1 Å². The van der Waals surface area contributed by atoms with E-state index in [0.29, 0.717) is 6.54 Å². The summed E-state index contributed by atoms with van der Waals surface area (Å²) in [5.41, 5.74) is -0.432. The lowest BCUT2D eigenvalue weighted by molar-refractivity contribution is -0.384. The number of amides is 1. The van der Waals surface area contributed by atoms with Crippen LogP contribution < -0.4 is 5.32 Å². The lowest BCUT2D eigenvalue weighted by Gasteiger charge is -2.26. The average molecular weight is 331 g/mol. The molecule has 0 saturated carbocycles. The fourth-order valence-corrected chi connectivity index (χ4v) is 3.70. The van der Waals surface area contributed by atoms with Crippen molar-refractivity contribution < 1.29 is 14.5 Å². The predicted molar refractivity (Wildman–Crippen MR) is 82.1 cm³/mol. The van der Waals surface area contributed by atoms with E-state index in [1.54, 1.807) is 18.9 Å². The normalized spacial score (nSPS) is 21.2. The molecule has 2 rings (SSSR count). The third-order valence-corrected chi connectivity index (χ3v) is 5.03. The Balaban J connectivity index is 2.09. The Morgan fingerprint density at radius 3 is 2.95 bits per heavy atom. The van der Waals surface area contributed by atoms with Crippen molar-refractivity contribution in [2.75, 3.05) is 25.2 Å². The van der Waals surface area contributed by atoms with E-state index >= 15 is 0 Å². The largest absolute Gasteiger partial charge is 0.376 e. The smallest absolute Gasteiger partial charge is 0.270 e. The number of ether oxygens (including phenoxy) is 1. The lowest BCUT2D eigenvalue weighted by atomic mass is 10.0. The molecule has 21 heavy (non-hydrogen) atoms. The first-order chi connectivity index (χ1) is 9.97. The van der Waals surface area contributed by atoms with Crippen molar-refractivity contribution in [3.05, 3.63) is 38.9 Å². The van der Waals surface area contributed by atoms with Gasteiger partial charge in [0.05, 0.1) is 21.1 Å². The Bertz CT molecular complexity index is 561. The molecule has 1 aromatic rings. The van der Waals surface area contributed by atoms with Crippen LogP contribution in [-0.2, 0) is 4.74 Å². The van der Waals surface area contributed by atoms with Gasteiger partial charge in [0.25, 0.3) is 11.6 Å². The number of hydrogen-bond donors (Lipinski definition) is 1. The first-order valence-corrected chi connectivity index (χ1v) is 7.86. The number of thioether (sulfide) groups is 1. The third-order valence-electron chi connectivity index (χ3n) is 3.48. The number of carbonyl (C=O) groups is 1. The molecule has 0 aliphatic carbocycles. The molecule has 8 heteroatoms. The van der Waals surface area contributed by atoms with Gasteiger partial charge in [0, 0.05) is 31.5 Å². The SMILES string of the molecule is COC1(CNC(=O)c2cc([N+](=O)[O-])ccc2Cl)CCSC1. The topological polar surface area (TPSA) is 81.5 Å². The van der Waals surface area contributed by atoms with Crippen molar-refractivity contribution in [1.82, 2.24) is 5.32 Å². The Hall–Kier alpha value is -1.31. The second-order valence-electron chi connectivity index (χ2n) is 4.79. The zero-order valence-corrected chi connectivity index (χ0v) is 13.0. The van der Waals surface area contributed by atoms with Crippen LogP contribution in [0.3, 0.4) is 0 Å². The number of nitrogens with zero attached hydrogens (tertiary/aromatic N) is 1. The van der Waals surface area contributed by atoms with E-state index in [2.05, 4.69) is 5.32 Å². The molecular weight excluding hydrogens is 316 g/mol. The fraction of sp³-hybridized carbons (Fsp3) is 0.462. The van der Waals surface area contributed by atoms with Crippen LogP contribution in [-0.4, -0.2) is 41.6 Å². The van der Waals surface area contributed by atoms with Gasteiger partial charge in [0.15, 0.2) is 0 Å². The summed E-state index contributed by atoms with van der Waals surface area (Å²) in [5, 5.41) is 13.7. The number of nitro groups is 1. The number of non-ortho nitro benzene ring substituents is 1. The molecule has 1 atom stereocenters. The minimum atomic E-state index is -0.558. The first kappa shape index (κ1) is 16.1. The monoisotopic (exact) mass is 330 g/mol. The summed E-state index contributed by atoms with van der Waals surface area (Å²) in [7, 11) is 1.62. The van der Waals surface area contributed by atoms with Crippen LogP contribution in [0.25, 0.3) is 0 Å². The molecule has 1 amide bonds. The second-order valence-corrected chi connectivity index (χ2v) is 6.31. The zero-order valence-electron chi connectivity index (χ0n) is 11.4. The fourth-order valence-electron chi connectivity index (χ4n) is 2.10. The summed E-state index contributed by atoms with van der Waals surface area (Å²) in [4.78, 5) is 22.4. The van der Waals surface area contributed by atoms with E-state index in [1.165, 1.54) is 18.2 Å². The maximum Gasteiger partial charge on any atom is 0.270 e. The maximum absolute atomic E-state index is 12.2. The van der Waals surface area contributed by atoms with Crippen LogP contribution in [0, 0.1) is 10.1 Å². The number of halogens is 1. The number of nitrogens with one attached hydrogen (secondary N) is 1. The molecule has 0 bridgehead atoms. The molecule has 1 fully saturated rings. The molecule has 114 valence electrons. The average Bonchev–Trinajstić information content (AvgIpc) is 2.94. The molecule has 1 heterocycles. The summed E-state index contributed by atoms with van der Waals surface area (Å²) < 4.78 is 5.50. The summed E-state index contributed by atoms with van der Waals surface area (Å²) in [6.07, 6.45) is 0.858. The van der Waals surface area contributed by atoms with Gasteiger partial charge in [-0.15, -0.1) is 0 Å². The molecule has 0 spiro atoms. The first-order valence-electron chi connectivity index (χ1n) is 6.32. The maximum atomic E-state index is 12.2. The van der Waals surface area contributed by atoms with Crippen molar-refractivity contribution >= 4 is 35.0 Å². The highest BCUT2D eigenvalue weighted by Crippen LogP contribution is 2.30. The highest BCUT2D eigenvalue weighted by molar-refractivity contribution is 7.99. The molecule has 1 N–H and O–H groups in total. The molecule has 1 aromatic carbocycles. The van der Waals surface area contributed by atoms with E-state index in [-0.39, 0.29) is 21.9 Å². The van der Waals surface area contributed by atoms with Crippen molar-refractivity contribution in [2.45, 2.75) is 12.0 Å². The van der Waals surface area contributed by atoms with Gasteiger partial charge in [-0.25, -0.2) is 0 Å². The highest BCUT2D eigenvalue weighted by Gasteiger charge is 2.34. The standard InChI is InChI=1S/C13H15ClN2O4S/c1-20-13(4-5-21-8-13)7-15-12(17)10-6-9(16(18)19)2-3-11(10)14/h2-3,6H,4-5,7-8H2,1H3,(H,15,17). The van der Waals surface area contributed by atoms with Crippen LogP contribution in [0.5, 0.6) is 0 Å². The van der Waals surface area contributed by atoms with Crippen molar-refractivity contribution in [2.24, 2.45) is 0 Å². The van der Waals surface area contributed by atoms with Crippen molar-refractivity contribution in [1.29, 1.82) is 0 Å². The summed E-state index contributed by atoms with van der Waals surface area (Å²) >= 11 is 7.71. The van der Waals surface area contributed by atoms with E-state index < -0.39 is 10.8 Å². The van der Waals surface area contributed by atoms with Gasteiger partial charge in [0.2, 0.25) is 0 Å². The minimum absolute atomic E-state index is 0.0998. The molecule has 1 aliphatic rings. The predicted octanol–water partition coefficient (Wildman–Crippen LogP) is 2.50. The molecule has 1 saturated heterocycles. The number of methoxy groups -OCH3 is 1. The van der Waals surface area contributed by atoms with Gasteiger partial charge in [-0.3, -0.25) is 14.9 Å². The lowest BCUT2D eigenvalue weighted by Crippen LogP contribution is -2.44. The highest BCUT2D eigenvalue weighted by atomic mass is 35.5. The summed E-state index contributed by atoms with van der Waals surface area (Å²) in [6.45, 7) is 0.356. The number of benzene rings is 1. The number of carbonyl (C=O) groups excluding carboxylic acids is 1. The van der Waals surface area contributed by atoms with Gasteiger partial charge >= 0.3 is 0 Å².